The summed E-state index contributed by atoms with van der Waals surface area (Å²) in [6, 6.07) is 1.62. The van der Waals surface area contributed by atoms with Gasteiger partial charge < -0.3 is 18.6 Å². The zero-order chi connectivity index (χ0) is 19.1. The first kappa shape index (κ1) is 16.7. The third kappa shape index (κ3) is 2.20. The van der Waals surface area contributed by atoms with Gasteiger partial charge in [0.25, 0.3) is 10.1 Å². The lowest BCUT2D eigenvalue weighted by atomic mass is 9.94. The lowest BCUT2D eigenvalue weighted by Crippen LogP contribution is -2.22. The molecule has 2 aromatic rings. The summed E-state index contributed by atoms with van der Waals surface area (Å²) in [4.78, 5) is 24.5. The first-order valence-electron chi connectivity index (χ1n) is 8.31. The molecule has 2 aliphatic heterocycles. The molecule has 9 nitrogen and oxygen atoms in total. The summed E-state index contributed by atoms with van der Waals surface area (Å²) in [5, 5.41) is 0.510. The Labute approximate surface area is 152 Å². The topological polar surface area (TPSA) is 129 Å². The van der Waals surface area contributed by atoms with E-state index in [2.05, 4.69) is 0 Å². The molecule has 1 N–H and O–H groups in total. The Balaban J connectivity index is 1.78. The standard InChI is InChI=1S/C17H14O9S/c1-23-9-5-10-14(7-4-11(27(20,21)22)25-17(7)24-10)15-13(9)6-2-3-8(18)12(6)16(19)26-15/h5,7,11,17H,2-4H2,1H3,(H,20,21,22). The summed E-state index contributed by atoms with van der Waals surface area (Å²) in [5.41, 5.74) is -0.852. The number of hydrogen-bond acceptors (Lipinski definition) is 8. The van der Waals surface area contributed by atoms with Gasteiger partial charge in [-0.3, -0.25) is 9.35 Å². The molecule has 5 rings (SSSR count). The maximum Gasteiger partial charge on any atom is 0.347 e. The average molecular weight is 394 g/mol. The summed E-state index contributed by atoms with van der Waals surface area (Å²) >= 11 is 0. The number of benzene rings is 1. The monoisotopic (exact) mass is 394 g/mol. The maximum absolute atomic E-state index is 12.4. The largest absolute Gasteiger partial charge is 0.496 e. The van der Waals surface area contributed by atoms with Gasteiger partial charge in [-0.25, -0.2) is 4.79 Å². The molecule has 3 heterocycles. The summed E-state index contributed by atoms with van der Waals surface area (Å²) in [6.07, 6.45) is -0.361. The first-order chi connectivity index (χ1) is 12.8. The van der Waals surface area contributed by atoms with Crippen LogP contribution in [0.15, 0.2) is 15.3 Å². The minimum Gasteiger partial charge on any atom is -0.496 e. The summed E-state index contributed by atoms with van der Waals surface area (Å²) in [5.74, 6) is -0.0630. The lowest BCUT2D eigenvalue weighted by Gasteiger charge is -2.14. The lowest BCUT2D eigenvalue weighted by molar-refractivity contribution is -0.0477. The Kier molecular flexibility index (Phi) is 3.29. The molecule has 10 heteroatoms. The smallest absolute Gasteiger partial charge is 0.347 e. The van der Waals surface area contributed by atoms with E-state index >= 15 is 0 Å². The van der Waals surface area contributed by atoms with Crippen LogP contribution in [0.4, 0.5) is 0 Å². The number of rotatable bonds is 2. The minimum absolute atomic E-state index is 0.0368. The zero-order valence-electron chi connectivity index (χ0n) is 14.1. The molecule has 0 amide bonds. The van der Waals surface area contributed by atoms with Crippen molar-refractivity contribution in [1.82, 2.24) is 0 Å². The van der Waals surface area contributed by atoms with Gasteiger partial charge in [-0.05, 0) is 12.0 Å². The molecule has 142 valence electrons. The van der Waals surface area contributed by atoms with Crippen LogP contribution in [-0.2, 0) is 21.3 Å². The van der Waals surface area contributed by atoms with E-state index in [-0.39, 0.29) is 29.8 Å². The van der Waals surface area contributed by atoms with Crippen molar-refractivity contribution in [3.8, 4) is 11.5 Å². The fourth-order valence-corrected chi connectivity index (χ4v) is 4.92. The highest BCUT2D eigenvalue weighted by Gasteiger charge is 2.50. The third-order valence-corrected chi connectivity index (χ3v) is 6.32. The van der Waals surface area contributed by atoms with Gasteiger partial charge in [-0.2, -0.15) is 8.42 Å². The van der Waals surface area contributed by atoms with Crippen molar-refractivity contribution in [2.75, 3.05) is 7.11 Å². The van der Waals surface area contributed by atoms with Crippen molar-refractivity contribution in [2.45, 2.75) is 36.9 Å². The van der Waals surface area contributed by atoms with E-state index in [1.807, 2.05) is 0 Å². The highest BCUT2D eigenvalue weighted by molar-refractivity contribution is 7.86. The van der Waals surface area contributed by atoms with Gasteiger partial charge in [0.15, 0.2) is 11.2 Å². The number of methoxy groups -OCH3 is 1. The molecule has 1 aromatic heterocycles. The SMILES string of the molecule is COc1cc2c(c3oc(=O)c4c(c13)CCC4=O)C1CC(S(=O)(=O)O)OC1O2. The average Bonchev–Trinajstić information content (AvgIpc) is 3.25. The molecule has 1 aromatic carbocycles. The van der Waals surface area contributed by atoms with Crippen LogP contribution in [-0.4, -0.2) is 37.6 Å². The van der Waals surface area contributed by atoms with E-state index in [0.29, 0.717) is 34.4 Å². The van der Waals surface area contributed by atoms with Crippen molar-refractivity contribution in [2.24, 2.45) is 0 Å². The molecular formula is C17H14O9S. The van der Waals surface area contributed by atoms with Crippen LogP contribution in [0.5, 0.6) is 11.5 Å². The number of ether oxygens (including phenoxy) is 3. The Morgan fingerprint density at radius 2 is 2.04 bits per heavy atom. The molecular weight excluding hydrogens is 380 g/mol. The van der Waals surface area contributed by atoms with Crippen molar-refractivity contribution < 1.29 is 36.4 Å². The van der Waals surface area contributed by atoms with Gasteiger partial charge in [0, 0.05) is 24.5 Å². The predicted molar refractivity (Wildman–Crippen MR) is 89.9 cm³/mol. The summed E-state index contributed by atoms with van der Waals surface area (Å²) in [6.45, 7) is 0. The van der Waals surface area contributed by atoms with Gasteiger partial charge in [-0.1, -0.05) is 0 Å². The van der Waals surface area contributed by atoms with Crippen molar-refractivity contribution in [3.05, 3.63) is 33.2 Å². The molecule has 0 bridgehead atoms. The Morgan fingerprint density at radius 3 is 2.74 bits per heavy atom. The fraction of sp³-hybridized carbons (Fsp3) is 0.412. The molecule has 3 atom stereocenters. The number of carbonyl (C=O) groups excluding carboxylic acids is 1. The van der Waals surface area contributed by atoms with Gasteiger partial charge in [-0.15, -0.1) is 0 Å². The van der Waals surface area contributed by atoms with Gasteiger partial charge in [0.1, 0.15) is 22.6 Å². The fourth-order valence-electron chi connectivity index (χ4n) is 4.22. The molecule has 0 radical (unpaired) electrons. The molecule has 0 spiro atoms. The number of Topliss-reactive ketones (excluding diaryl/α,β-unsaturated/α-hetero) is 1. The Hall–Kier alpha value is -2.43. The van der Waals surface area contributed by atoms with Gasteiger partial charge >= 0.3 is 5.63 Å². The molecule has 1 aliphatic carbocycles. The molecule has 1 saturated heterocycles. The Morgan fingerprint density at radius 1 is 1.26 bits per heavy atom. The van der Waals surface area contributed by atoms with Crippen LogP contribution >= 0.6 is 0 Å². The van der Waals surface area contributed by atoms with Crippen molar-refractivity contribution in [1.29, 1.82) is 0 Å². The highest BCUT2D eigenvalue weighted by atomic mass is 32.2. The quantitative estimate of drug-likeness (QED) is 0.593. The second-order valence-corrected chi connectivity index (χ2v) is 8.33. The van der Waals surface area contributed by atoms with E-state index in [0.717, 1.165) is 0 Å². The number of ketones is 1. The maximum atomic E-state index is 12.4. The van der Waals surface area contributed by atoms with Gasteiger partial charge in [0.2, 0.25) is 6.29 Å². The summed E-state index contributed by atoms with van der Waals surface area (Å²) < 4.78 is 54.0. The zero-order valence-corrected chi connectivity index (χ0v) is 14.9. The number of fused-ring (bicyclic) bond motifs is 7. The third-order valence-electron chi connectivity index (χ3n) is 5.36. The Bertz CT molecular complexity index is 1180. The molecule has 3 unspecified atom stereocenters. The number of aryl methyl sites for hydroxylation is 1. The molecule has 3 aliphatic rings. The van der Waals surface area contributed by atoms with E-state index in [1.54, 1.807) is 6.07 Å². The normalized spacial score (nSPS) is 26.0. The van der Waals surface area contributed by atoms with E-state index < -0.39 is 33.4 Å². The van der Waals surface area contributed by atoms with E-state index in [1.165, 1.54) is 7.11 Å². The van der Waals surface area contributed by atoms with Gasteiger partial charge in [0.05, 0.1) is 18.4 Å². The van der Waals surface area contributed by atoms with Crippen LogP contribution in [0.3, 0.4) is 0 Å². The van der Waals surface area contributed by atoms with Crippen LogP contribution in [0.2, 0.25) is 0 Å². The number of carbonyl (C=O) groups is 1. The van der Waals surface area contributed by atoms with Crippen molar-refractivity contribution >= 4 is 26.9 Å². The first-order valence-corrected chi connectivity index (χ1v) is 9.82. The molecule has 0 saturated carbocycles. The summed E-state index contributed by atoms with van der Waals surface area (Å²) in [7, 11) is -2.95. The van der Waals surface area contributed by atoms with Crippen LogP contribution < -0.4 is 15.1 Å². The van der Waals surface area contributed by atoms with Crippen LogP contribution in [0.25, 0.3) is 11.0 Å². The van der Waals surface area contributed by atoms with Crippen LogP contribution in [0.1, 0.15) is 40.2 Å². The predicted octanol–water partition coefficient (Wildman–Crippen LogP) is 1.37. The van der Waals surface area contributed by atoms with Crippen molar-refractivity contribution in [3.63, 3.8) is 0 Å². The second-order valence-electron chi connectivity index (χ2n) is 6.77. The number of hydrogen-bond donors (Lipinski definition) is 1. The van der Waals surface area contributed by atoms with E-state index in [9.17, 15) is 22.6 Å². The highest BCUT2D eigenvalue weighted by Crippen LogP contribution is 2.52. The second kappa shape index (κ2) is 5.31. The molecule has 27 heavy (non-hydrogen) atoms. The minimum atomic E-state index is -4.40. The van der Waals surface area contributed by atoms with Crippen LogP contribution in [0, 0.1) is 0 Å². The van der Waals surface area contributed by atoms with E-state index in [4.69, 9.17) is 18.6 Å². The molecule has 1 fully saturated rings.